The fourth-order valence-electron chi connectivity index (χ4n) is 2.28. The molecule has 0 spiro atoms. The van der Waals surface area contributed by atoms with Gasteiger partial charge >= 0.3 is 6.18 Å². The predicted molar refractivity (Wildman–Crippen MR) is 98.9 cm³/mol. The van der Waals surface area contributed by atoms with Crippen molar-refractivity contribution in [3.63, 3.8) is 0 Å². The van der Waals surface area contributed by atoms with Gasteiger partial charge in [0.15, 0.2) is 0 Å². The molecule has 0 radical (unpaired) electrons. The number of halogens is 4. The second-order valence-electron chi connectivity index (χ2n) is 5.31. The zero-order valence-electron chi connectivity index (χ0n) is 13.8. The van der Waals surface area contributed by atoms with Crippen LogP contribution in [0.3, 0.4) is 0 Å². The van der Waals surface area contributed by atoms with Gasteiger partial charge in [-0.3, -0.25) is 4.31 Å². The number of anilines is 1. The van der Waals surface area contributed by atoms with Gasteiger partial charge in [-0.15, -0.1) is 0 Å². The van der Waals surface area contributed by atoms with Crippen LogP contribution >= 0.6 is 23.5 Å². The van der Waals surface area contributed by atoms with E-state index in [1.54, 1.807) is 7.05 Å². The molecule has 1 N–H and O–H groups in total. The number of hydrogen-bond acceptors (Lipinski definition) is 5. The molecular weight excluding hydrogens is 373 g/mol. The zero-order chi connectivity index (χ0) is 18.6. The van der Waals surface area contributed by atoms with E-state index >= 15 is 0 Å². The number of pyridine rings is 2. The van der Waals surface area contributed by atoms with E-state index in [2.05, 4.69) is 33.2 Å². The smallest absolute Gasteiger partial charge is 0.373 e. The summed E-state index contributed by atoms with van der Waals surface area (Å²) in [6, 6.07) is 2.91. The molecule has 3 rings (SSSR count). The molecule has 2 aromatic rings. The van der Waals surface area contributed by atoms with Gasteiger partial charge in [0.25, 0.3) is 0 Å². The topological polar surface area (TPSA) is 41.1 Å². The van der Waals surface area contributed by atoms with Gasteiger partial charge in [0.05, 0.1) is 11.3 Å². The molecule has 1 aliphatic heterocycles. The van der Waals surface area contributed by atoms with Crippen LogP contribution in [0.15, 0.2) is 24.9 Å². The highest BCUT2D eigenvalue weighted by Gasteiger charge is 2.35. The predicted octanol–water partition coefficient (Wildman–Crippen LogP) is 4.87. The van der Waals surface area contributed by atoms with Gasteiger partial charge in [-0.25, -0.2) is 9.97 Å². The summed E-state index contributed by atoms with van der Waals surface area (Å²) in [6.07, 6.45) is -1.79. The normalized spacial score (nSPS) is 15.0. The van der Waals surface area contributed by atoms with Gasteiger partial charge < -0.3 is 5.32 Å². The molecule has 0 atom stereocenters. The van der Waals surface area contributed by atoms with Gasteiger partial charge in [-0.05, 0) is 25.6 Å². The van der Waals surface area contributed by atoms with Crippen molar-refractivity contribution in [2.45, 2.75) is 12.6 Å². The Morgan fingerprint density at radius 2 is 2.12 bits per heavy atom. The van der Waals surface area contributed by atoms with Crippen molar-refractivity contribution in [3.05, 3.63) is 35.8 Å². The molecule has 4 nitrogen and oxygen atoms in total. The lowest BCUT2D eigenvalue weighted by Gasteiger charge is -2.13. The van der Waals surface area contributed by atoms with Crippen LogP contribution in [0.2, 0.25) is 5.15 Å². The molecule has 0 unspecified atom stereocenters. The van der Waals surface area contributed by atoms with Crippen molar-refractivity contribution in [1.82, 2.24) is 14.3 Å². The monoisotopic (exact) mass is 390 g/mol. The van der Waals surface area contributed by atoms with E-state index in [0.29, 0.717) is 16.6 Å². The summed E-state index contributed by atoms with van der Waals surface area (Å²) >= 11 is 7.70. The molecule has 1 saturated heterocycles. The minimum atomic E-state index is -4.56. The fraction of sp³-hybridized carbons (Fsp3) is 0.375. The maximum atomic E-state index is 12.8. The summed E-state index contributed by atoms with van der Waals surface area (Å²) in [5.41, 5.74) is -1.32. The van der Waals surface area contributed by atoms with Crippen molar-refractivity contribution in [3.8, 4) is 0 Å². The lowest BCUT2D eigenvalue weighted by atomic mass is 10.1. The number of alkyl halides is 3. The van der Waals surface area contributed by atoms with E-state index < -0.39 is 11.7 Å². The highest BCUT2D eigenvalue weighted by molar-refractivity contribution is 7.97. The standard InChI is InChI=1S/C12H9ClF3N3.C4H9NS/c1-6(12(14,15)16)10-7-3-4-18-11(17-2)8(7)5-9(13)19-10;1-5-3-2-4-6-5/h3-5H,1H2,2H3,(H,17,18);2-4H2,1H3. The molecule has 0 aromatic carbocycles. The number of rotatable bonds is 2. The van der Waals surface area contributed by atoms with Crippen LogP contribution in [-0.4, -0.2) is 46.8 Å². The highest BCUT2D eigenvalue weighted by Crippen LogP contribution is 2.36. The van der Waals surface area contributed by atoms with Crippen LogP contribution in [-0.2, 0) is 0 Å². The molecule has 2 aromatic heterocycles. The van der Waals surface area contributed by atoms with E-state index in [1.807, 2.05) is 11.9 Å². The largest absolute Gasteiger partial charge is 0.417 e. The Morgan fingerprint density at radius 3 is 2.60 bits per heavy atom. The molecule has 0 amide bonds. The lowest BCUT2D eigenvalue weighted by Crippen LogP contribution is -2.11. The SMILES string of the molecule is C=C(c1nc(Cl)cc2c(NC)nccc12)C(F)(F)F.CN1CCCS1. The Labute approximate surface area is 153 Å². The van der Waals surface area contributed by atoms with E-state index in [1.165, 1.54) is 37.0 Å². The van der Waals surface area contributed by atoms with E-state index in [-0.39, 0.29) is 10.8 Å². The average Bonchev–Trinajstić information content (AvgIpc) is 3.03. The third kappa shape index (κ3) is 4.99. The zero-order valence-corrected chi connectivity index (χ0v) is 15.4. The maximum Gasteiger partial charge on any atom is 0.417 e. The van der Waals surface area contributed by atoms with E-state index in [9.17, 15) is 13.2 Å². The van der Waals surface area contributed by atoms with Gasteiger partial charge in [0.2, 0.25) is 0 Å². The maximum absolute atomic E-state index is 12.8. The van der Waals surface area contributed by atoms with Crippen molar-refractivity contribution < 1.29 is 13.2 Å². The first-order valence-electron chi connectivity index (χ1n) is 7.47. The number of hydrogen-bond donors (Lipinski definition) is 1. The molecule has 0 aliphatic carbocycles. The van der Waals surface area contributed by atoms with Crippen LogP contribution in [0.4, 0.5) is 19.0 Å². The summed E-state index contributed by atoms with van der Waals surface area (Å²) in [4.78, 5) is 7.75. The summed E-state index contributed by atoms with van der Waals surface area (Å²) in [5, 5.41) is 3.51. The van der Waals surface area contributed by atoms with Gasteiger partial charge in [-0.2, -0.15) is 13.2 Å². The second-order valence-corrected chi connectivity index (χ2v) is 6.99. The number of nitrogens with one attached hydrogen (secondary N) is 1. The molecule has 136 valence electrons. The Balaban J connectivity index is 0.000000316. The number of nitrogens with zero attached hydrogens (tertiary/aromatic N) is 3. The molecule has 9 heteroatoms. The van der Waals surface area contributed by atoms with Gasteiger partial charge in [0, 0.05) is 36.3 Å². The van der Waals surface area contributed by atoms with Crippen LogP contribution in [0.1, 0.15) is 12.1 Å². The van der Waals surface area contributed by atoms with E-state index in [0.717, 1.165) is 0 Å². The molecule has 1 fully saturated rings. The third-order valence-electron chi connectivity index (χ3n) is 3.52. The Hall–Kier alpha value is -1.51. The van der Waals surface area contributed by atoms with Crippen LogP contribution in [0.5, 0.6) is 0 Å². The average molecular weight is 391 g/mol. The molecule has 0 bridgehead atoms. The summed E-state index contributed by atoms with van der Waals surface area (Å²) in [6.45, 7) is 4.34. The first kappa shape index (κ1) is 19.8. The van der Waals surface area contributed by atoms with Gasteiger partial charge in [0.1, 0.15) is 11.0 Å². The van der Waals surface area contributed by atoms with Crippen LogP contribution in [0.25, 0.3) is 16.3 Å². The number of aromatic nitrogens is 2. The summed E-state index contributed by atoms with van der Waals surface area (Å²) in [7, 11) is 3.76. The molecule has 0 saturated carbocycles. The van der Waals surface area contributed by atoms with Crippen molar-refractivity contribution in [1.29, 1.82) is 0 Å². The third-order valence-corrected chi connectivity index (χ3v) is 4.81. The number of fused-ring (bicyclic) bond motifs is 1. The minimum absolute atomic E-state index is 0.0441. The Kier molecular flexibility index (Phi) is 6.53. The van der Waals surface area contributed by atoms with Crippen molar-refractivity contribution in [2.75, 3.05) is 31.7 Å². The van der Waals surface area contributed by atoms with Gasteiger partial charge in [-0.1, -0.05) is 30.1 Å². The first-order valence-corrected chi connectivity index (χ1v) is 8.79. The summed E-state index contributed by atoms with van der Waals surface area (Å²) < 4.78 is 40.6. The highest BCUT2D eigenvalue weighted by atomic mass is 35.5. The summed E-state index contributed by atoms with van der Waals surface area (Å²) in [5.74, 6) is 1.76. The minimum Gasteiger partial charge on any atom is -0.373 e. The Bertz CT molecular complexity index is 761. The van der Waals surface area contributed by atoms with Crippen molar-refractivity contribution >= 4 is 45.7 Å². The van der Waals surface area contributed by atoms with E-state index in [4.69, 9.17) is 11.6 Å². The Morgan fingerprint density at radius 1 is 1.40 bits per heavy atom. The molecular formula is C16H18ClF3N4S. The second kappa shape index (κ2) is 8.25. The molecule has 25 heavy (non-hydrogen) atoms. The van der Waals surface area contributed by atoms with Crippen LogP contribution in [0, 0.1) is 0 Å². The number of allylic oxidation sites excluding steroid dienone is 1. The first-order chi connectivity index (χ1) is 11.7. The fourth-order valence-corrected chi connectivity index (χ4v) is 3.30. The molecule has 3 heterocycles. The molecule has 1 aliphatic rings. The quantitative estimate of drug-likeness (QED) is 0.585. The lowest BCUT2D eigenvalue weighted by molar-refractivity contribution is -0.0688. The van der Waals surface area contributed by atoms with Crippen LogP contribution < -0.4 is 5.32 Å². The van der Waals surface area contributed by atoms with Crippen molar-refractivity contribution in [2.24, 2.45) is 0 Å².